The van der Waals surface area contributed by atoms with Crippen molar-refractivity contribution in [2.45, 2.75) is 71.0 Å². The number of hydrogen-bond acceptors (Lipinski definition) is 9. The summed E-state index contributed by atoms with van der Waals surface area (Å²) in [5.74, 6) is -1.97. The number of esters is 1. The number of nitrogens with zero attached hydrogens (tertiary/aromatic N) is 2. The highest BCUT2D eigenvalue weighted by molar-refractivity contribution is 6.33. The normalized spacial score (nSPS) is 22.4. The minimum atomic E-state index is -0.808. The van der Waals surface area contributed by atoms with Crippen LogP contribution in [0, 0.1) is 0 Å². The van der Waals surface area contributed by atoms with Gasteiger partial charge in [-0.15, -0.1) is 0 Å². The predicted octanol–water partition coefficient (Wildman–Crippen LogP) is 4.04. The number of halogens is 1. The number of ether oxygens (including phenoxy) is 2. The lowest BCUT2D eigenvalue weighted by atomic mass is 9.99. The summed E-state index contributed by atoms with van der Waals surface area (Å²) in [5, 5.41) is 27.6. The number of aromatic hydroxyl groups is 2. The Kier molecular flexibility index (Phi) is 13.1. The van der Waals surface area contributed by atoms with Crippen molar-refractivity contribution in [1.29, 1.82) is 0 Å². The van der Waals surface area contributed by atoms with E-state index >= 15 is 0 Å². The van der Waals surface area contributed by atoms with Crippen LogP contribution < -0.4 is 5.32 Å². The van der Waals surface area contributed by atoms with Gasteiger partial charge < -0.3 is 34.7 Å². The summed E-state index contributed by atoms with van der Waals surface area (Å²) >= 11 is 6.41. The standard InChI is InChI=1S/C30H40ClN3O8/c1-20-9-6-11-23(40-16-8-13-32-21(2)35)12-7-10-22(33-41-19-27(38)34-14-4-3-5-15-34)17-24-28(30(39)42-20)25(36)18-26(37)29(24)31/h6-7,10-11,18,20,23,36-37H,3-5,8-9,12-17,19H2,1-2H3,(H,32,35)/b10-7+,11-6+,33-22-/t20-,23?/m1/s1. The first-order valence-electron chi connectivity index (χ1n) is 14.3. The molecule has 2 heterocycles. The van der Waals surface area contributed by atoms with Gasteiger partial charge in [0, 0.05) is 52.1 Å². The Hall–Kier alpha value is -3.57. The summed E-state index contributed by atoms with van der Waals surface area (Å²) in [4.78, 5) is 44.0. The smallest absolute Gasteiger partial charge is 0.342 e. The topological polar surface area (TPSA) is 147 Å². The van der Waals surface area contributed by atoms with Gasteiger partial charge >= 0.3 is 5.97 Å². The molecule has 1 aromatic rings. The minimum Gasteiger partial charge on any atom is -0.507 e. The average molecular weight is 606 g/mol. The molecule has 2 aliphatic rings. The molecule has 1 unspecified atom stereocenters. The Morgan fingerprint density at radius 1 is 1.17 bits per heavy atom. The van der Waals surface area contributed by atoms with Crippen LogP contribution >= 0.6 is 11.6 Å². The van der Waals surface area contributed by atoms with E-state index in [-0.39, 0.29) is 47.1 Å². The van der Waals surface area contributed by atoms with Crippen LogP contribution in [-0.4, -0.2) is 83.7 Å². The van der Waals surface area contributed by atoms with Crippen LogP contribution in [0.25, 0.3) is 0 Å². The van der Waals surface area contributed by atoms with Crippen molar-refractivity contribution in [3.8, 4) is 11.5 Å². The van der Waals surface area contributed by atoms with Crippen molar-refractivity contribution in [2.24, 2.45) is 5.16 Å². The van der Waals surface area contributed by atoms with Crippen molar-refractivity contribution >= 4 is 35.1 Å². The summed E-state index contributed by atoms with van der Waals surface area (Å²) in [5.41, 5.74) is 0.219. The van der Waals surface area contributed by atoms with Crippen molar-refractivity contribution in [3.05, 3.63) is 46.5 Å². The highest BCUT2D eigenvalue weighted by atomic mass is 35.5. The fourth-order valence-electron chi connectivity index (χ4n) is 4.61. The van der Waals surface area contributed by atoms with E-state index < -0.39 is 23.6 Å². The van der Waals surface area contributed by atoms with Gasteiger partial charge in [0.25, 0.3) is 5.91 Å². The number of amides is 2. The molecule has 12 heteroatoms. The lowest BCUT2D eigenvalue weighted by Crippen LogP contribution is -2.37. The van der Waals surface area contributed by atoms with Gasteiger partial charge in [-0.1, -0.05) is 35.0 Å². The van der Waals surface area contributed by atoms with Crippen LogP contribution in [0.4, 0.5) is 0 Å². The molecule has 3 N–H and O–H groups in total. The molecule has 0 radical (unpaired) electrons. The Labute approximate surface area is 251 Å². The zero-order valence-corrected chi connectivity index (χ0v) is 24.9. The van der Waals surface area contributed by atoms with E-state index in [0.717, 1.165) is 25.3 Å². The second-order valence-corrected chi connectivity index (χ2v) is 10.7. The zero-order chi connectivity index (χ0) is 30.5. The maximum Gasteiger partial charge on any atom is 0.342 e. The summed E-state index contributed by atoms with van der Waals surface area (Å²) in [6.45, 7) is 5.19. The maximum atomic E-state index is 13.1. The SMILES string of the molecule is CC(=O)NCCCOC1/C=C/C[C@@H](C)OC(=O)c2c(O)cc(O)c(Cl)c2CC(=N\OCC(=O)N2CCCCC2)/C=C/C1. The average Bonchev–Trinajstić information content (AvgIpc) is 2.94. The largest absolute Gasteiger partial charge is 0.507 e. The Morgan fingerprint density at radius 2 is 1.93 bits per heavy atom. The van der Waals surface area contributed by atoms with Crippen LogP contribution in [0.15, 0.2) is 35.5 Å². The van der Waals surface area contributed by atoms with Crippen molar-refractivity contribution in [3.63, 3.8) is 0 Å². The Morgan fingerprint density at radius 3 is 2.67 bits per heavy atom. The Bertz CT molecular complexity index is 1190. The maximum absolute atomic E-state index is 13.1. The van der Waals surface area contributed by atoms with Gasteiger partial charge in [0.15, 0.2) is 6.61 Å². The van der Waals surface area contributed by atoms with Gasteiger partial charge in [0.2, 0.25) is 5.91 Å². The third-order valence-electron chi connectivity index (χ3n) is 6.79. The number of fused-ring (bicyclic) bond motifs is 1. The number of carbonyl (C=O) groups is 3. The molecule has 230 valence electrons. The van der Waals surface area contributed by atoms with E-state index in [1.807, 2.05) is 18.2 Å². The third kappa shape index (κ3) is 10.4. The van der Waals surface area contributed by atoms with Gasteiger partial charge in [-0.25, -0.2) is 4.79 Å². The minimum absolute atomic E-state index is 0.102. The second-order valence-electron chi connectivity index (χ2n) is 10.3. The van der Waals surface area contributed by atoms with Gasteiger partial charge in [-0.05, 0) is 50.7 Å². The lowest BCUT2D eigenvalue weighted by Gasteiger charge is -2.26. The van der Waals surface area contributed by atoms with Crippen LogP contribution in [-0.2, 0) is 30.3 Å². The molecular weight excluding hydrogens is 566 g/mol. The first-order chi connectivity index (χ1) is 20.2. The molecule has 2 aliphatic heterocycles. The number of allylic oxidation sites excluding steroid dienone is 1. The summed E-state index contributed by atoms with van der Waals surface area (Å²) in [7, 11) is 0. The number of benzene rings is 1. The number of likely N-dealkylation sites (tertiary alicyclic amines) is 1. The molecule has 1 aromatic carbocycles. The second kappa shape index (κ2) is 16.8. The molecule has 42 heavy (non-hydrogen) atoms. The highest BCUT2D eigenvalue weighted by Gasteiger charge is 2.26. The molecule has 3 rings (SSSR count). The van der Waals surface area contributed by atoms with E-state index in [2.05, 4.69) is 10.5 Å². The lowest BCUT2D eigenvalue weighted by molar-refractivity contribution is -0.137. The van der Waals surface area contributed by atoms with Crippen molar-refractivity contribution < 1.29 is 38.9 Å². The van der Waals surface area contributed by atoms with Crippen LogP contribution in [0.1, 0.15) is 68.3 Å². The fraction of sp³-hybridized carbons (Fsp3) is 0.533. The fourth-order valence-corrected chi connectivity index (χ4v) is 4.82. The molecule has 1 saturated heterocycles. The first kappa shape index (κ1) is 32.9. The number of carbonyl (C=O) groups excluding carboxylic acids is 3. The van der Waals surface area contributed by atoms with Crippen molar-refractivity contribution in [2.75, 3.05) is 32.8 Å². The monoisotopic (exact) mass is 605 g/mol. The molecule has 11 nitrogen and oxygen atoms in total. The molecule has 0 aromatic heterocycles. The molecule has 1 fully saturated rings. The summed E-state index contributed by atoms with van der Waals surface area (Å²) < 4.78 is 11.6. The number of oxime groups is 1. The van der Waals surface area contributed by atoms with E-state index in [9.17, 15) is 24.6 Å². The van der Waals surface area contributed by atoms with Crippen molar-refractivity contribution in [1.82, 2.24) is 10.2 Å². The van der Waals surface area contributed by atoms with Crippen LogP contribution in [0.3, 0.4) is 0 Å². The molecule has 0 spiro atoms. The number of hydrogen-bond donors (Lipinski definition) is 3. The number of piperidine rings is 1. The number of cyclic esters (lactones) is 1. The van der Waals surface area contributed by atoms with Crippen LogP contribution in [0.5, 0.6) is 11.5 Å². The van der Waals surface area contributed by atoms with Gasteiger partial charge in [0.05, 0.1) is 16.8 Å². The molecule has 2 atom stereocenters. The molecular formula is C30H40ClN3O8. The van der Waals surface area contributed by atoms with Gasteiger partial charge in [-0.3, -0.25) is 9.59 Å². The van der Waals surface area contributed by atoms with Gasteiger partial charge in [-0.2, -0.15) is 0 Å². The number of rotatable bonds is 8. The van der Waals surface area contributed by atoms with E-state index in [4.69, 9.17) is 25.9 Å². The molecule has 0 saturated carbocycles. The first-order valence-corrected chi connectivity index (χ1v) is 14.6. The quantitative estimate of drug-likeness (QED) is 0.174. The summed E-state index contributed by atoms with van der Waals surface area (Å²) in [6.07, 6.45) is 10.7. The number of phenols is 2. The van der Waals surface area contributed by atoms with Gasteiger partial charge in [0.1, 0.15) is 23.2 Å². The van der Waals surface area contributed by atoms with E-state index in [1.54, 1.807) is 17.9 Å². The highest BCUT2D eigenvalue weighted by Crippen LogP contribution is 2.37. The zero-order valence-electron chi connectivity index (χ0n) is 24.1. The van der Waals surface area contributed by atoms with Crippen LogP contribution in [0.2, 0.25) is 5.02 Å². The molecule has 0 aliphatic carbocycles. The number of nitrogens with one attached hydrogen (secondary N) is 1. The Balaban J connectivity index is 1.86. The molecule has 2 amide bonds. The number of phenolic OH excluding ortho intramolecular Hbond substituents is 2. The predicted molar refractivity (Wildman–Crippen MR) is 158 cm³/mol. The summed E-state index contributed by atoms with van der Waals surface area (Å²) in [6, 6.07) is 0.991. The van der Waals surface area contributed by atoms with E-state index in [1.165, 1.54) is 6.92 Å². The third-order valence-corrected chi connectivity index (χ3v) is 7.22. The molecule has 0 bridgehead atoms. The van der Waals surface area contributed by atoms with E-state index in [0.29, 0.717) is 51.2 Å².